The van der Waals surface area contributed by atoms with Gasteiger partial charge >= 0.3 is 0 Å². The highest BCUT2D eigenvalue weighted by molar-refractivity contribution is 5.54. The van der Waals surface area contributed by atoms with E-state index >= 15 is 0 Å². The van der Waals surface area contributed by atoms with Gasteiger partial charge in [-0.05, 0) is 35.4 Å². The van der Waals surface area contributed by atoms with Crippen molar-refractivity contribution in [1.82, 2.24) is 0 Å². The van der Waals surface area contributed by atoms with Crippen molar-refractivity contribution in [1.29, 1.82) is 0 Å². The van der Waals surface area contributed by atoms with E-state index in [-0.39, 0.29) is 35.5 Å². The number of phenolic OH excluding ortho intramolecular Hbond substituents is 2. The molecule has 8 heteroatoms. The summed E-state index contributed by atoms with van der Waals surface area (Å²) < 4.78 is 33.4. The van der Waals surface area contributed by atoms with Gasteiger partial charge in [-0.3, -0.25) is 0 Å². The molecule has 2 fully saturated rings. The second-order valence-electron chi connectivity index (χ2n) is 7.38. The molecule has 2 saturated heterocycles. The molecule has 2 aliphatic heterocycles. The third-order valence-electron chi connectivity index (χ3n) is 5.93. The van der Waals surface area contributed by atoms with E-state index < -0.39 is 0 Å². The van der Waals surface area contributed by atoms with Gasteiger partial charge in [0.2, 0.25) is 11.5 Å². The van der Waals surface area contributed by atoms with E-state index in [2.05, 4.69) is 0 Å². The molecule has 4 atom stereocenters. The number of fused-ring (bicyclic) bond motifs is 1. The van der Waals surface area contributed by atoms with Crippen molar-refractivity contribution in [2.75, 3.05) is 41.7 Å². The Morgan fingerprint density at radius 3 is 1.20 bits per heavy atom. The topological polar surface area (TPSA) is 95.8 Å². The van der Waals surface area contributed by atoms with Gasteiger partial charge in [-0.2, -0.15) is 0 Å². The molecule has 2 aromatic rings. The Hall–Kier alpha value is -2.84. The molecule has 0 aliphatic carbocycles. The fourth-order valence-corrected chi connectivity index (χ4v) is 4.39. The molecule has 0 aromatic heterocycles. The molecular formula is C22H26O8. The van der Waals surface area contributed by atoms with Crippen LogP contribution in [0.1, 0.15) is 23.3 Å². The lowest BCUT2D eigenvalue weighted by molar-refractivity contribution is 0.0190. The molecule has 4 rings (SSSR count). The highest BCUT2D eigenvalue weighted by atomic mass is 16.5. The number of aromatic hydroxyl groups is 2. The van der Waals surface area contributed by atoms with Gasteiger partial charge in [0.15, 0.2) is 23.0 Å². The maximum Gasteiger partial charge on any atom is 0.200 e. The summed E-state index contributed by atoms with van der Waals surface area (Å²) in [6.45, 7) is 1.02. The minimum absolute atomic E-state index is 0.0397. The fourth-order valence-electron chi connectivity index (χ4n) is 4.39. The van der Waals surface area contributed by atoms with Crippen LogP contribution in [0.3, 0.4) is 0 Å². The molecule has 162 valence electrons. The van der Waals surface area contributed by atoms with Gasteiger partial charge < -0.3 is 38.6 Å². The smallest absolute Gasteiger partial charge is 0.200 e. The third kappa shape index (κ3) is 3.26. The maximum atomic E-state index is 10.2. The van der Waals surface area contributed by atoms with Crippen molar-refractivity contribution < 1.29 is 38.6 Å². The number of rotatable bonds is 6. The lowest BCUT2D eigenvalue weighted by atomic mass is 9.84. The van der Waals surface area contributed by atoms with Crippen molar-refractivity contribution in [2.24, 2.45) is 11.8 Å². The maximum absolute atomic E-state index is 10.2. The molecule has 8 nitrogen and oxygen atoms in total. The van der Waals surface area contributed by atoms with Gasteiger partial charge in [-0.15, -0.1) is 0 Å². The van der Waals surface area contributed by atoms with Crippen molar-refractivity contribution in [3.05, 3.63) is 35.4 Å². The number of phenols is 2. The highest BCUT2D eigenvalue weighted by Crippen LogP contribution is 2.53. The first-order chi connectivity index (χ1) is 14.5. The first-order valence-electron chi connectivity index (χ1n) is 9.65. The minimum Gasteiger partial charge on any atom is -0.502 e. The van der Waals surface area contributed by atoms with Crippen LogP contribution in [0.5, 0.6) is 34.5 Å². The summed E-state index contributed by atoms with van der Waals surface area (Å²) in [5.41, 5.74) is 1.72. The van der Waals surface area contributed by atoms with Crippen LogP contribution in [-0.2, 0) is 9.47 Å². The van der Waals surface area contributed by atoms with Gasteiger partial charge in [0.1, 0.15) is 0 Å². The van der Waals surface area contributed by atoms with Gasteiger partial charge in [0, 0.05) is 11.8 Å². The van der Waals surface area contributed by atoms with E-state index in [1.54, 1.807) is 24.3 Å². The Balaban J connectivity index is 1.63. The van der Waals surface area contributed by atoms with Gasteiger partial charge in [0.05, 0.1) is 53.9 Å². The molecule has 0 radical (unpaired) electrons. The predicted octanol–water partition coefficient (Wildman–Crippen LogP) is 3.21. The molecule has 2 N–H and O–H groups in total. The molecule has 2 aliphatic rings. The normalized spacial score (nSPS) is 25.1. The van der Waals surface area contributed by atoms with E-state index in [0.717, 1.165) is 11.1 Å². The average Bonchev–Trinajstić information content (AvgIpc) is 3.36. The fraction of sp³-hybridized carbons (Fsp3) is 0.455. The molecule has 0 amide bonds. The van der Waals surface area contributed by atoms with E-state index in [0.29, 0.717) is 36.2 Å². The van der Waals surface area contributed by atoms with Crippen molar-refractivity contribution in [3.8, 4) is 34.5 Å². The predicted molar refractivity (Wildman–Crippen MR) is 107 cm³/mol. The summed E-state index contributed by atoms with van der Waals surface area (Å²) in [5.74, 6) is 1.48. The molecule has 0 saturated carbocycles. The van der Waals surface area contributed by atoms with Crippen LogP contribution in [0.25, 0.3) is 0 Å². The Morgan fingerprint density at radius 2 is 0.933 bits per heavy atom. The summed E-state index contributed by atoms with van der Waals surface area (Å²) in [4.78, 5) is 0. The van der Waals surface area contributed by atoms with Crippen LogP contribution in [0, 0.1) is 11.8 Å². The first-order valence-corrected chi connectivity index (χ1v) is 9.65. The van der Waals surface area contributed by atoms with Crippen LogP contribution in [0.4, 0.5) is 0 Å². The SMILES string of the molecule is COc1cc([C@H]2OCC3C2CO[C@@H]3c2cc(OC)c(O)c(OC)c2)cc(OC)c1O. The monoisotopic (exact) mass is 418 g/mol. The van der Waals surface area contributed by atoms with Gasteiger partial charge in [-0.25, -0.2) is 0 Å². The summed E-state index contributed by atoms with van der Waals surface area (Å²) in [6, 6.07) is 7.07. The standard InChI is InChI=1S/C22H26O8/c1-25-15-5-11(6-16(26-2)19(15)23)21-13-9-30-22(14(13)10-29-21)12-7-17(27-3)20(24)18(8-12)28-4/h5-8,13-14,21-24H,9-10H2,1-4H3/t13?,14?,21-,22-/m1/s1. The van der Waals surface area contributed by atoms with Crippen LogP contribution >= 0.6 is 0 Å². The second kappa shape index (κ2) is 8.12. The number of hydrogen-bond donors (Lipinski definition) is 2. The molecular weight excluding hydrogens is 392 g/mol. The zero-order valence-electron chi connectivity index (χ0n) is 17.4. The molecule has 0 spiro atoms. The van der Waals surface area contributed by atoms with Gasteiger partial charge in [0.25, 0.3) is 0 Å². The molecule has 2 unspecified atom stereocenters. The van der Waals surface area contributed by atoms with Crippen LogP contribution in [-0.4, -0.2) is 51.9 Å². The van der Waals surface area contributed by atoms with Crippen molar-refractivity contribution in [3.63, 3.8) is 0 Å². The van der Waals surface area contributed by atoms with E-state index in [4.69, 9.17) is 28.4 Å². The number of ether oxygens (including phenoxy) is 6. The lowest BCUT2D eigenvalue weighted by Gasteiger charge is -2.19. The second-order valence-corrected chi connectivity index (χ2v) is 7.38. The molecule has 0 bridgehead atoms. The summed E-state index contributed by atoms with van der Waals surface area (Å²) in [5, 5.41) is 20.4. The number of benzene rings is 2. The van der Waals surface area contributed by atoms with E-state index in [1.807, 2.05) is 0 Å². The Bertz CT molecular complexity index is 802. The Kier molecular flexibility index (Phi) is 5.53. The Morgan fingerprint density at radius 1 is 0.633 bits per heavy atom. The van der Waals surface area contributed by atoms with Crippen LogP contribution in [0.2, 0.25) is 0 Å². The zero-order chi connectivity index (χ0) is 21.4. The summed E-state index contributed by atoms with van der Waals surface area (Å²) >= 11 is 0. The molecule has 2 heterocycles. The van der Waals surface area contributed by atoms with Crippen molar-refractivity contribution >= 4 is 0 Å². The zero-order valence-corrected chi connectivity index (χ0v) is 17.4. The van der Waals surface area contributed by atoms with E-state index in [1.165, 1.54) is 28.4 Å². The molecule has 2 aromatic carbocycles. The molecule has 30 heavy (non-hydrogen) atoms. The third-order valence-corrected chi connectivity index (χ3v) is 5.93. The largest absolute Gasteiger partial charge is 0.502 e. The minimum atomic E-state index is -0.218. The lowest BCUT2D eigenvalue weighted by Crippen LogP contribution is -2.15. The number of hydrogen-bond acceptors (Lipinski definition) is 8. The highest BCUT2D eigenvalue weighted by Gasteiger charge is 2.48. The average molecular weight is 418 g/mol. The summed E-state index contributed by atoms with van der Waals surface area (Å²) in [6.07, 6.45) is -0.436. The summed E-state index contributed by atoms with van der Waals surface area (Å²) in [7, 11) is 5.99. The van der Waals surface area contributed by atoms with Gasteiger partial charge in [-0.1, -0.05) is 0 Å². The van der Waals surface area contributed by atoms with Crippen LogP contribution in [0.15, 0.2) is 24.3 Å². The van der Waals surface area contributed by atoms with Crippen LogP contribution < -0.4 is 18.9 Å². The van der Waals surface area contributed by atoms with Crippen molar-refractivity contribution in [2.45, 2.75) is 12.2 Å². The number of methoxy groups -OCH3 is 4. The Labute approximate surface area is 174 Å². The van der Waals surface area contributed by atoms with E-state index in [9.17, 15) is 10.2 Å². The quantitative estimate of drug-likeness (QED) is 0.738. The first kappa shape index (κ1) is 20.4.